The van der Waals surface area contributed by atoms with Crippen LogP contribution >= 0.6 is 15.9 Å². The van der Waals surface area contributed by atoms with Crippen LogP contribution in [-0.2, 0) is 0 Å². The second kappa shape index (κ2) is 7.49. The fourth-order valence-electron chi connectivity index (χ4n) is 2.26. The number of benzene rings is 2. The van der Waals surface area contributed by atoms with Crippen LogP contribution < -0.4 is 0 Å². The molecule has 100 valence electrons. The van der Waals surface area contributed by atoms with Crippen molar-refractivity contribution in [2.24, 2.45) is 0 Å². The van der Waals surface area contributed by atoms with Crippen molar-refractivity contribution in [1.82, 2.24) is 0 Å². The van der Waals surface area contributed by atoms with Crippen LogP contribution in [-0.4, -0.2) is 0 Å². The molecule has 0 aliphatic carbocycles. The van der Waals surface area contributed by atoms with Crippen LogP contribution in [0.15, 0.2) is 54.6 Å². The molecule has 0 aliphatic rings. The van der Waals surface area contributed by atoms with Crippen molar-refractivity contribution >= 4 is 15.9 Å². The first-order chi connectivity index (χ1) is 9.31. The van der Waals surface area contributed by atoms with Gasteiger partial charge >= 0.3 is 0 Å². The number of alkyl halides is 1. The standard InChI is InChI=1S/C18H21Br/c1-2-3-5-10-18(19)17-13-11-16(12-14-17)15-8-6-4-7-9-15/h4,6-9,11-14,18H,2-3,5,10H2,1H3. The fourth-order valence-corrected chi connectivity index (χ4v) is 2.88. The number of rotatable bonds is 6. The first kappa shape index (κ1) is 14.3. The summed E-state index contributed by atoms with van der Waals surface area (Å²) < 4.78 is 0. The molecular formula is C18H21Br. The maximum atomic E-state index is 3.80. The summed E-state index contributed by atoms with van der Waals surface area (Å²) >= 11 is 3.80. The van der Waals surface area contributed by atoms with Gasteiger partial charge in [-0.3, -0.25) is 0 Å². The molecule has 0 saturated carbocycles. The lowest BCUT2D eigenvalue weighted by Crippen LogP contribution is -1.90. The van der Waals surface area contributed by atoms with E-state index in [4.69, 9.17) is 0 Å². The first-order valence-electron chi connectivity index (χ1n) is 7.10. The zero-order chi connectivity index (χ0) is 13.5. The number of hydrogen-bond donors (Lipinski definition) is 0. The summed E-state index contributed by atoms with van der Waals surface area (Å²) in [6.07, 6.45) is 5.13. The van der Waals surface area contributed by atoms with E-state index in [1.807, 2.05) is 0 Å². The highest BCUT2D eigenvalue weighted by Crippen LogP contribution is 2.30. The summed E-state index contributed by atoms with van der Waals surface area (Å²) in [6, 6.07) is 19.5. The Morgan fingerprint density at radius 3 is 2.11 bits per heavy atom. The summed E-state index contributed by atoms with van der Waals surface area (Å²) in [7, 11) is 0. The molecule has 2 aromatic rings. The summed E-state index contributed by atoms with van der Waals surface area (Å²) in [4.78, 5) is 0.490. The molecule has 2 rings (SSSR count). The van der Waals surface area contributed by atoms with Gasteiger partial charge in [0.1, 0.15) is 0 Å². The lowest BCUT2D eigenvalue weighted by Gasteiger charge is -2.11. The van der Waals surface area contributed by atoms with Gasteiger partial charge in [-0.1, -0.05) is 96.7 Å². The Balaban J connectivity index is 2.02. The highest BCUT2D eigenvalue weighted by molar-refractivity contribution is 9.09. The maximum Gasteiger partial charge on any atom is 0.0395 e. The van der Waals surface area contributed by atoms with Gasteiger partial charge in [-0.2, -0.15) is 0 Å². The van der Waals surface area contributed by atoms with Crippen molar-refractivity contribution in [2.75, 3.05) is 0 Å². The summed E-state index contributed by atoms with van der Waals surface area (Å²) in [5.74, 6) is 0. The molecule has 0 nitrogen and oxygen atoms in total. The Kier molecular flexibility index (Phi) is 5.65. The van der Waals surface area contributed by atoms with E-state index in [9.17, 15) is 0 Å². The maximum absolute atomic E-state index is 3.80. The second-order valence-electron chi connectivity index (χ2n) is 4.95. The molecule has 1 heteroatoms. The average Bonchev–Trinajstić information content (AvgIpc) is 2.48. The summed E-state index contributed by atoms with van der Waals surface area (Å²) in [6.45, 7) is 2.25. The van der Waals surface area contributed by atoms with Gasteiger partial charge in [-0.05, 0) is 23.1 Å². The Bertz CT molecular complexity index is 473. The molecule has 0 aromatic heterocycles. The van der Waals surface area contributed by atoms with Gasteiger partial charge in [0.05, 0.1) is 0 Å². The Hall–Kier alpha value is -1.08. The quantitative estimate of drug-likeness (QED) is 0.429. The molecule has 2 aromatic carbocycles. The minimum absolute atomic E-state index is 0.490. The van der Waals surface area contributed by atoms with E-state index in [-0.39, 0.29) is 0 Å². The lowest BCUT2D eigenvalue weighted by atomic mass is 10.0. The number of halogens is 1. The van der Waals surface area contributed by atoms with Crippen molar-refractivity contribution in [3.63, 3.8) is 0 Å². The molecule has 0 radical (unpaired) electrons. The Morgan fingerprint density at radius 1 is 0.842 bits per heavy atom. The minimum Gasteiger partial charge on any atom is -0.0839 e. The van der Waals surface area contributed by atoms with Gasteiger partial charge in [0.25, 0.3) is 0 Å². The van der Waals surface area contributed by atoms with Gasteiger partial charge in [0, 0.05) is 4.83 Å². The van der Waals surface area contributed by atoms with Gasteiger partial charge in [0.15, 0.2) is 0 Å². The summed E-state index contributed by atoms with van der Waals surface area (Å²) in [5.41, 5.74) is 3.96. The predicted octanol–water partition coefficient (Wildman–Crippen LogP) is 6.37. The predicted molar refractivity (Wildman–Crippen MR) is 87.7 cm³/mol. The third-order valence-electron chi connectivity index (χ3n) is 3.44. The van der Waals surface area contributed by atoms with E-state index in [1.54, 1.807) is 0 Å². The highest BCUT2D eigenvalue weighted by Gasteiger charge is 2.07. The summed E-state index contributed by atoms with van der Waals surface area (Å²) in [5, 5.41) is 0. The lowest BCUT2D eigenvalue weighted by molar-refractivity contribution is 0.664. The Labute approximate surface area is 125 Å². The molecule has 0 fully saturated rings. The van der Waals surface area contributed by atoms with E-state index >= 15 is 0 Å². The van der Waals surface area contributed by atoms with Gasteiger partial charge < -0.3 is 0 Å². The zero-order valence-corrected chi connectivity index (χ0v) is 13.1. The molecule has 0 saturated heterocycles. The molecule has 1 atom stereocenters. The van der Waals surface area contributed by atoms with Crippen molar-refractivity contribution in [3.8, 4) is 11.1 Å². The topological polar surface area (TPSA) is 0 Å². The van der Waals surface area contributed by atoms with Crippen molar-refractivity contribution in [3.05, 3.63) is 60.2 Å². The van der Waals surface area contributed by atoms with Gasteiger partial charge in [0.2, 0.25) is 0 Å². The minimum atomic E-state index is 0.490. The second-order valence-corrected chi connectivity index (χ2v) is 6.06. The molecule has 0 N–H and O–H groups in total. The molecule has 0 spiro atoms. The normalized spacial score (nSPS) is 12.3. The zero-order valence-electron chi connectivity index (χ0n) is 11.5. The van der Waals surface area contributed by atoms with E-state index < -0.39 is 0 Å². The fraction of sp³-hybridized carbons (Fsp3) is 0.333. The van der Waals surface area contributed by atoms with Crippen LogP contribution in [0.25, 0.3) is 11.1 Å². The third kappa shape index (κ3) is 4.21. The average molecular weight is 317 g/mol. The van der Waals surface area contributed by atoms with Crippen LogP contribution in [0.1, 0.15) is 43.0 Å². The highest BCUT2D eigenvalue weighted by atomic mass is 79.9. The molecule has 0 bridgehead atoms. The molecule has 0 amide bonds. The monoisotopic (exact) mass is 316 g/mol. The van der Waals surface area contributed by atoms with Crippen molar-refractivity contribution in [2.45, 2.75) is 37.4 Å². The van der Waals surface area contributed by atoms with Crippen LogP contribution in [0.3, 0.4) is 0 Å². The SMILES string of the molecule is CCCCCC(Br)c1ccc(-c2ccccc2)cc1. The van der Waals surface area contributed by atoms with Gasteiger partial charge in [-0.25, -0.2) is 0 Å². The molecule has 1 unspecified atom stereocenters. The van der Waals surface area contributed by atoms with Crippen LogP contribution in [0.2, 0.25) is 0 Å². The van der Waals surface area contributed by atoms with Crippen LogP contribution in [0.5, 0.6) is 0 Å². The van der Waals surface area contributed by atoms with Gasteiger partial charge in [-0.15, -0.1) is 0 Å². The number of unbranched alkanes of at least 4 members (excludes halogenated alkanes) is 2. The smallest absolute Gasteiger partial charge is 0.0395 e. The van der Waals surface area contributed by atoms with Crippen molar-refractivity contribution in [1.29, 1.82) is 0 Å². The Morgan fingerprint density at radius 2 is 1.47 bits per heavy atom. The molecule has 19 heavy (non-hydrogen) atoms. The number of hydrogen-bond acceptors (Lipinski definition) is 0. The first-order valence-corrected chi connectivity index (χ1v) is 8.02. The van der Waals surface area contributed by atoms with E-state index in [2.05, 4.69) is 77.5 Å². The molecular weight excluding hydrogens is 296 g/mol. The van der Waals surface area contributed by atoms with Crippen LogP contribution in [0, 0.1) is 0 Å². The third-order valence-corrected chi connectivity index (χ3v) is 4.43. The molecule has 0 aliphatic heterocycles. The van der Waals surface area contributed by atoms with E-state index in [1.165, 1.54) is 42.4 Å². The van der Waals surface area contributed by atoms with Crippen molar-refractivity contribution < 1.29 is 0 Å². The largest absolute Gasteiger partial charge is 0.0839 e. The van der Waals surface area contributed by atoms with Crippen LogP contribution in [0.4, 0.5) is 0 Å². The van der Waals surface area contributed by atoms with E-state index in [0.29, 0.717) is 4.83 Å². The molecule has 0 heterocycles. The van der Waals surface area contributed by atoms with E-state index in [0.717, 1.165) is 0 Å².